The van der Waals surface area contributed by atoms with Crippen LogP contribution < -0.4 is 0 Å². The summed E-state index contributed by atoms with van der Waals surface area (Å²) in [5.41, 5.74) is 20.3. The van der Waals surface area contributed by atoms with E-state index < -0.39 is 10.8 Å². The van der Waals surface area contributed by atoms with Crippen molar-refractivity contribution in [2.24, 2.45) is 0 Å². The van der Waals surface area contributed by atoms with Crippen LogP contribution in [-0.4, -0.2) is 4.57 Å². The van der Waals surface area contributed by atoms with Gasteiger partial charge in [-0.05, 0) is 98.0 Å². The largest absolute Gasteiger partial charge is 0.309 e. The van der Waals surface area contributed by atoms with E-state index >= 15 is 0 Å². The number of hydrogen-bond acceptors (Lipinski definition) is 0. The SMILES string of the molecule is Cc1ccc(-n2c3ccccc3c3c4c(ccc32)C2(c3ccccc3-4)c3ccccc3C3(c4ccccc4-c4ccccc43)c3ccccc32)cc1. The predicted octanol–water partition coefficient (Wildman–Crippen LogP) is 12.1. The van der Waals surface area contributed by atoms with Gasteiger partial charge in [-0.1, -0.05) is 163 Å². The van der Waals surface area contributed by atoms with E-state index in [1.165, 1.54) is 99.8 Å². The smallest absolute Gasteiger partial charge is 0.0720 e. The van der Waals surface area contributed by atoms with E-state index in [-0.39, 0.29) is 0 Å². The van der Waals surface area contributed by atoms with Crippen LogP contribution in [0.25, 0.3) is 49.7 Å². The Bertz CT molecular complexity index is 2880. The number of benzene rings is 8. The Morgan fingerprint density at radius 1 is 0.346 bits per heavy atom. The van der Waals surface area contributed by atoms with E-state index in [0.29, 0.717) is 0 Å². The number of para-hydroxylation sites is 1. The molecule has 9 aromatic rings. The van der Waals surface area contributed by atoms with Crippen molar-refractivity contribution < 1.29 is 0 Å². The highest BCUT2D eigenvalue weighted by Gasteiger charge is 2.59. The zero-order valence-corrected chi connectivity index (χ0v) is 28.8. The van der Waals surface area contributed by atoms with E-state index in [1.54, 1.807) is 0 Å². The van der Waals surface area contributed by atoms with Crippen LogP contribution in [-0.2, 0) is 10.8 Å². The second-order valence-corrected chi connectivity index (χ2v) is 14.8. The van der Waals surface area contributed by atoms with Gasteiger partial charge in [0.2, 0.25) is 0 Å². The summed E-state index contributed by atoms with van der Waals surface area (Å²) in [6, 6.07) is 69.0. The molecule has 0 saturated carbocycles. The van der Waals surface area contributed by atoms with Crippen LogP contribution in [0.15, 0.2) is 182 Å². The molecule has 0 atom stereocenters. The third kappa shape index (κ3) is 3.14. The Labute approximate surface area is 303 Å². The summed E-state index contributed by atoms with van der Waals surface area (Å²) in [6.45, 7) is 2.16. The van der Waals surface area contributed by atoms with Gasteiger partial charge in [0, 0.05) is 16.5 Å². The Hall–Kier alpha value is -6.44. The van der Waals surface area contributed by atoms with Crippen LogP contribution in [0.4, 0.5) is 0 Å². The fraction of sp³-hybridized carbons (Fsp3) is 0.0588. The van der Waals surface area contributed by atoms with Crippen molar-refractivity contribution in [1.82, 2.24) is 4.57 Å². The standard InChI is InChI=1S/C51H33N/c1-32-26-28-33(29-27-32)52-46-25-13-5-17-37(46)49-47(52)31-30-45-48(49)36-16-4-8-20-40(36)51(45)43-23-11-9-21-41(43)50(42-22-10-12-24-44(42)51)38-18-6-2-14-34(38)35-15-3-7-19-39(35)50/h2-31H,1H3. The van der Waals surface area contributed by atoms with Crippen molar-refractivity contribution in [3.63, 3.8) is 0 Å². The minimum Gasteiger partial charge on any atom is -0.309 e. The highest BCUT2D eigenvalue weighted by molar-refractivity contribution is 6.18. The summed E-state index contributed by atoms with van der Waals surface area (Å²) >= 11 is 0. The van der Waals surface area contributed by atoms with Gasteiger partial charge in [0.1, 0.15) is 0 Å². The number of nitrogens with zero attached hydrogens (tertiary/aromatic N) is 1. The van der Waals surface area contributed by atoms with Gasteiger partial charge in [-0.3, -0.25) is 0 Å². The molecule has 3 aliphatic rings. The zero-order valence-electron chi connectivity index (χ0n) is 28.8. The van der Waals surface area contributed by atoms with Gasteiger partial charge >= 0.3 is 0 Å². The fourth-order valence-corrected chi connectivity index (χ4v) is 10.8. The van der Waals surface area contributed by atoms with Crippen LogP contribution in [0.2, 0.25) is 0 Å². The molecule has 52 heavy (non-hydrogen) atoms. The van der Waals surface area contributed by atoms with Crippen LogP contribution in [0.1, 0.15) is 50.1 Å². The molecule has 2 spiro atoms. The van der Waals surface area contributed by atoms with E-state index in [1.807, 2.05) is 0 Å². The summed E-state index contributed by atoms with van der Waals surface area (Å²) in [4.78, 5) is 0. The third-order valence-electron chi connectivity index (χ3n) is 12.6. The number of aryl methyl sites for hydroxylation is 1. The third-order valence-corrected chi connectivity index (χ3v) is 12.6. The maximum atomic E-state index is 2.46. The van der Waals surface area contributed by atoms with Gasteiger partial charge in [-0.25, -0.2) is 0 Å². The van der Waals surface area contributed by atoms with Gasteiger partial charge in [-0.15, -0.1) is 0 Å². The highest BCUT2D eigenvalue weighted by Crippen LogP contribution is 2.68. The van der Waals surface area contributed by atoms with Gasteiger partial charge in [0.15, 0.2) is 0 Å². The molecule has 1 heterocycles. The molecule has 1 aromatic heterocycles. The number of rotatable bonds is 1. The minimum absolute atomic E-state index is 0.436. The second kappa shape index (κ2) is 9.87. The summed E-state index contributed by atoms with van der Waals surface area (Å²) in [7, 11) is 0. The average Bonchev–Trinajstić information content (AvgIpc) is 3.81. The molecule has 0 fully saturated rings. The van der Waals surface area contributed by atoms with E-state index in [0.717, 1.165) is 0 Å². The predicted molar refractivity (Wildman–Crippen MR) is 214 cm³/mol. The van der Waals surface area contributed by atoms with Gasteiger partial charge in [-0.2, -0.15) is 0 Å². The zero-order chi connectivity index (χ0) is 34.2. The van der Waals surface area contributed by atoms with Crippen molar-refractivity contribution in [3.8, 4) is 27.9 Å². The Balaban J connectivity index is 1.27. The van der Waals surface area contributed by atoms with Crippen molar-refractivity contribution >= 4 is 21.8 Å². The van der Waals surface area contributed by atoms with Crippen molar-refractivity contribution in [3.05, 3.63) is 232 Å². The summed E-state index contributed by atoms with van der Waals surface area (Å²) < 4.78 is 2.46. The lowest BCUT2D eigenvalue weighted by atomic mass is 9.52. The van der Waals surface area contributed by atoms with Crippen LogP contribution in [0.3, 0.4) is 0 Å². The number of fused-ring (bicyclic) bond motifs is 20. The maximum Gasteiger partial charge on any atom is 0.0720 e. The summed E-state index contributed by atoms with van der Waals surface area (Å²) in [6.07, 6.45) is 0. The summed E-state index contributed by atoms with van der Waals surface area (Å²) in [5.74, 6) is 0. The lowest BCUT2D eigenvalue weighted by Gasteiger charge is -2.48. The van der Waals surface area contributed by atoms with E-state index in [4.69, 9.17) is 0 Å². The molecular weight excluding hydrogens is 627 g/mol. The summed E-state index contributed by atoms with van der Waals surface area (Å²) in [5, 5.41) is 2.61. The maximum absolute atomic E-state index is 2.46. The normalized spacial score (nSPS) is 14.9. The molecule has 0 aliphatic heterocycles. The van der Waals surface area contributed by atoms with E-state index in [2.05, 4.69) is 193 Å². The lowest BCUT2D eigenvalue weighted by Crippen LogP contribution is -2.43. The van der Waals surface area contributed by atoms with Crippen molar-refractivity contribution in [2.45, 2.75) is 17.8 Å². The Morgan fingerprint density at radius 3 is 1.37 bits per heavy atom. The molecule has 0 saturated heterocycles. The molecule has 0 bridgehead atoms. The molecule has 0 amide bonds. The second-order valence-electron chi connectivity index (χ2n) is 14.8. The number of aromatic nitrogens is 1. The first kappa shape index (κ1) is 28.3. The molecule has 1 heteroatoms. The first-order valence-electron chi connectivity index (χ1n) is 18.4. The highest BCUT2D eigenvalue weighted by atomic mass is 15.0. The Kier molecular flexibility index (Phi) is 5.37. The first-order valence-corrected chi connectivity index (χ1v) is 18.4. The molecule has 12 rings (SSSR count). The molecule has 242 valence electrons. The molecule has 0 unspecified atom stereocenters. The molecule has 8 aromatic carbocycles. The van der Waals surface area contributed by atoms with Crippen LogP contribution in [0, 0.1) is 6.92 Å². The number of hydrogen-bond donors (Lipinski definition) is 0. The molecule has 0 radical (unpaired) electrons. The van der Waals surface area contributed by atoms with Gasteiger partial charge in [0.25, 0.3) is 0 Å². The lowest BCUT2D eigenvalue weighted by molar-refractivity contribution is 0.633. The van der Waals surface area contributed by atoms with Gasteiger partial charge in [0.05, 0.1) is 21.9 Å². The van der Waals surface area contributed by atoms with Crippen molar-refractivity contribution in [1.29, 1.82) is 0 Å². The average molecular weight is 660 g/mol. The fourth-order valence-electron chi connectivity index (χ4n) is 10.8. The van der Waals surface area contributed by atoms with Crippen LogP contribution >= 0.6 is 0 Å². The topological polar surface area (TPSA) is 4.93 Å². The molecule has 0 N–H and O–H groups in total. The molecular formula is C51H33N. The van der Waals surface area contributed by atoms with Crippen molar-refractivity contribution in [2.75, 3.05) is 0 Å². The Morgan fingerprint density at radius 2 is 0.788 bits per heavy atom. The first-order chi connectivity index (χ1) is 25.7. The quantitative estimate of drug-likeness (QED) is 0.165. The molecule has 1 nitrogen and oxygen atoms in total. The monoisotopic (exact) mass is 659 g/mol. The van der Waals surface area contributed by atoms with Gasteiger partial charge < -0.3 is 4.57 Å². The van der Waals surface area contributed by atoms with E-state index in [9.17, 15) is 0 Å². The van der Waals surface area contributed by atoms with Crippen LogP contribution in [0.5, 0.6) is 0 Å². The molecule has 3 aliphatic carbocycles. The minimum atomic E-state index is -0.502.